The topological polar surface area (TPSA) is 30.9 Å². The molecule has 1 rings (SSSR count). The van der Waals surface area contributed by atoms with Gasteiger partial charge in [-0.15, -0.1) is 0 Å². The Hall–Kier alpha value is -0.0951. The average molecular weight is 187 g/mol. The fourth-order valence-corrected chi connectivity index (χ4v) is 1.05. The van der Waals surface area contributed by atoms with Crippen molar-refractivity contribution >= 4 is 7.32 Å². The van der Waals surface area contributed by atoms with Gasteiger partial charge in [0.1, 0.15) is 0 Å². The molecule has 0 aromatic heterocycles. The molecule has 76 valence electrons. The predicted molar refractivity (Wildman–Crippen MR) is 51.4 cm³/mol. The first-order valence-corrected chi connectivity index (χ1v) is 4.72. The maximum absolute atomic E-state index is 5.41. The quantitative estimate of drug-likeness (QED) is 0.595. The monoisotopic (exact) mass is 187 g/mol. The zero-order valence-corrected chi connectivity index (χ0v) is 8.66. The van der Waals surface area contributed by atoms with Gasteiger partial charge in [-0.05, 0) is 27.4 Å². The SMILES string of the molecule is C[C@@H]1CCOB(OCCN(C)C)O1. The molecular formula is C8H18BNO3. The van der Waals surface area contributed by atoms with Crippen LogP contribution in [0.25, 0.3) is 0 Å². The number of hydrogen-bond donors (Lipinski definition) is 0. The molecule has 1 fully saturated rings. The van der Waals surface area contributed by atoms with Crippen molar-refractivity contribution in [3.63, 3.8) is 0 Å². The van der Waals surface area contributed by atoms with E-state index in [-0.39, 0.29) is 6.10 Å². The van der Waals surface area contributed by atoms with Gasteiger partial charge in [0.2, 0.25) is 0 Å². The Kier molecular flexibility index (Phi) is 4.73. The number of nitrogens with zero attached hydrogens (tertiary/aromatic N) is 1. The van der Waals surface area contributed by atoms with Gasteiger partial charge in [-0.3, -0.25) is 0 Å². The zero-order valence-electron chi connectivity index (χ0n) is 8.66. The van der Waals surface area contributed by atoms with E-state index in [4.69, 9.17) is 14.0 Å². The van der Waals surface area contributed by atoms with Crippen molar-refractivity contribution in [3.8, 4) is 0 Å². The van der Waals surface area contributed by atoms with E-state index in [1.807, 2.05) is 21.0 Å². The van der Waals surface area contributed by atoms with Crippen molar-refractivity contribution in [2.45, 2.75) is 19.4 Å². The van der Waals surface area contributed by atoms with Gasteiger partial charge < -0.3 is 18.9 Å². The fourth-order valence-electron chi connectivity index (χ4n) is 1.05. The molecule has 0 unspecified atom stereocenters. The summed E-state index contributed by atoms with van der Waals surface area (Å²) in [6.07, 6.45) is 1.20. The van der Waals surface area contributed by atoms with Crippen molar-refractivity contribution in [1.82, 2.24) is 4.90 Å². The molecule has 13 heavy (non-hydrogen) atoms. The number of hydrogen-bond acceptors (Lipinski definition) is 4. The van der Waals surface area contributed by atoms with Crippen molar-refractivity contribution in [2.75, 3.05) is 33.9 Å². The molecule has 0 amide bonds. The summed E-state index contributed by atoms with van der Waals surface area (Å²) in [5.41, 5.74) is 0. The van der Waals surface area contributed by atoms with Crippen LogP contribution in [0.4, 0.5) is 0 Å². The predicted octanol–water partition coefficient (Wildman–Crippen LogP) is 0.375. The van der Waals surface area contributed by atoms with E-state index < -0.39 is 7.32 Å². The fraction of sp³-hybridized carbons (Fsp3) is 1.00. The second-order valence-electron chi connectivity index (χ2n) is 3.57. The van der Waals surface area contributed by atoms with Crippen LogP contribution >= 0.6 is 0 Å². The summed E-state index contributed by atoms with van der Waals surface area (Å²) >= 11 is 0. The first-order valence-electron chi connectivity index (χ1n) is 4.72. The highest BCUT2D eigenvalue weighted by atomic mass is 16.7. The second-order valence-corrected chi connectivity index (χ2v) is 3.57. The summed E-state index contributed by atoms with van der Waals surface area (Å²) in [7, 11) is 3.56. The molecule has 4 nitrogen and oxygen atoms in total. The van der Waals surface area contributed by atoms with Crippen LogP contribution in [0.3, 0.4) is 0 Å². The van der Waals surface area contributed by atoms with Crippen LogP contribution in [-0.4, -0.2) is 52.2 Å². The molecular weight excluding hydrogens is 169 g/mol. The zero-order chi connectivity index (χ0) is 9.68. The lowest BCUT2D eigenvalue weighted by Gasteiger charge is -2.24. The first-order chi connectivity index (χ1) is 6.18. The molecule has 0 bridgehead atoms. The third kappa shape index (κ3) is 4.62. The Morgan fingerprint density at radius 3 is 2.92 bits per heavy atom. The van der Waals surface area contributed by atoms with Gasteiger partial charge in [-0.2, -0.15) is 0 Å². The molecule has 0 aliphatic carbocycles. The van der Waals surface area contributed by atoms with Crippen LogP contribution < -0.4 is 0 Å². The van der Waals surface area contributed by atoms with Crippen LogP contribution in [0.15, 0.2) is 0 Å². The lowest BCUT2D eigenvalue weighted by molar-refractivity contribution is 0.0130. The van der Waals surface area contributed by atoms with Crippen molar-refractivity contribution in [3.05, 3.63) is 0 Å². The van der Waals surface area contributed by atoms with Gasteiger partial charge in [0.15, 0.2) is 0 Å². The highest BCUT2D eigenvalue weighted by Crippen LogP contribution is 2.09. The highest BCUT2D eigenvalue weighted by molar-refractivity contribution is 6.36. The number of likely N-dealkylation sites (N-methyl/N-ethyl adjacent to an activating group) is 1. The van der Waals surface area contributed by atoms with Gasteiger partial charge in [0.05, 0.1) is 0 Å². The Morgan fingerprint density at radius 2 is 2.31 bits per heavy atom. The van der Waals surface area contributed by atoms with Crippen LogP contribution in [0, 0.1) is 0 Å². The highest BCUT2D eigenvalue weighted by Gasteiger charge is 2.28. The molecule has 1 heterocycles. The van der Waals surface area contributed by atoms with Crippen LogP contribution in [-0.2, 0) is 14.0 Å². The Bertz CT molecular complexity index is 145. The average Bonchev–Trinajstić information content (AvgIpc) is 2.03. The molecule has 1 aliphatic heterocycles. The first kappa shape index (κ1) is 11.0. The minimum absolute atomic E-state index is 0.248. The third-order valence-electron chi connectivity index (χ3n) is 1.91. The van der Waals surface area contributed by atoms with E-state index in [0.29, 0.717) is 6.61 Å². The normalized spacial score (nSPS) is 24.0. The second kappa shape index (κ2) is 5.60. The Morgan fingerprint density at radius 1 is 1.54 bits per heavy atom. The summed E-state index contributed by atoms with van der Waals surface area (Å²) in [6.45, 7) is 4.29. The molecule has 0 spiro atoms. The molecule has 1 atom stereocenters. The maximum atomic E-state index is 5.41. The van der Waals surface area contributed by atoms with E-state index in [1.54, 1.807) is 0 Å². The van der Waals surface area contributed by atoms with E-state index in [2.05, 4.69) is 4.90 Å². The largest absolute Gasteiger partial charge is 0.639 e. The maximum Gasteiger partial charge on any atom is 0.639 e. The van der Waals surface area contributed by atoms with Gasteiger partial charge in [-0.25, -0.2) is 0 Å². The van der Waals surface area contributed by atoms with E-state index in [9.17, 15) is 0 Å². The van der Waals surface area contributed by atoms with Crippen LogP contribution in [0.1, 0.15) is 13.3 Å². The summed E-state index contributed by atoms with van der Waals surface area (Å²) in [6, 6.07) is 0. The van der Waals surface area contributed by atoms with Crippen molar-refractivity contribution in [1.29, 1.82) is 0 Å². The molecule has 5 heteroatoms. The molecule has 1 saturated heterocycles. The Balaban J connectivity index is 2.06. The minimum Gasteiger partial charge on any atom is -0.386 e. The van der Waals surface area contributed by atoms with Crippen molar-refractivity contribution < 1.29 is 14.0 Å². The molecule has 0 aromatic rings. The molecule has 0 radical (unpaired) electrons. The van der Waals surface area contributed by atoms with E-state index in [0.717, 1.165) is 19.6 Å². The lowest BCUT2D eigenvalue weighted by atomic mass is 10.1. The van der Waals surface area contributed by atoms with Gasteiger partial charge in [0, 0.05) is 25.9 Å². The third-order valence-corrected chi connectivity index (χ3v) is 1.91. The van der Waals surface area contributed by atoms with Gasteiger partial charge >= 0.3 is 7.32 Å². The lowest BCUT2D eigenvalue weighted by Crippen LogP contribution is -2.38. The molecule has 0 aromatic carbocycles. The van der Waals surface area contributed by atoms with E-state index in [1.165, 1.54) is 0 Å². The standard InChI is InChI=1S/C8H18BNO3/c1-8-4-6-11-9(13-8)12-7-5-10(2)3/h8H,4-7H2,1-3H3/t8-/m1/s1. The number of rotatable bonds is 4. The minimum atomic E-state index is -0.455. The smallest absolute Gasteiger partial charge is 0.386 e. The summed E-state index contributed by atoms with van der Waals surface area (Å²) in [4.78, 5) is 2.06. The summed E-state index contributed by atoms with van der Waals surface area (Å²) < 4.78 is 16.1. The van der Waals surface area contributed by atoms with Gasteiger partial charge in [-0.1, -0.05) is 0 Å². The summed E-state index contributed by atoms with van der Waals surface area (Å²) in [5, 5.41) is 0. The van der Waals surface area contributed by atoms with Crippen LogP contribution in [0.5, 0.6) is 0 Å². The molecule has 0 saturated carbocycles. The molecule has 1 aliphatic rings. The Labute approximate surface area is 80.3 Å². The summed E-state index contributed by atoms with van der Waals surface area (Å²) in [5.74, 6) is 0. The van der Waals surface area contributed by atoms with Crippen molar-refractivity contribution in [2.24, 2.45) is 0 Å². The van der Waals surface area contributed by atoms with Crippen LogP contribution in [0.2, 0.25) is 0 Å². The van der Waals surface area contributed by atoms with Gasteiger partial charge in [0.25, 0.3) is 0 Å². The van der Waals surface area contributed by atoms with E-state index >= 15 is 0 Å². The molecule has 0 N–H and O–H groups in total.